The van der Waals surface area contributed by atoms with Crippen LogP contribution in [0.3, 0.4) is 0 Å². The SMILES string of the molecule is Cc1nc(-c2nc(-c3ccc(F)cc3F)co2)n[nH]1. The summed E-state index contributed by atoms with van der Waals surface area (Å²) in [5.74, 6) is -0.280. The van der Waals surface area contributed by atoms with Gasteiger partial charge in [-0.05, 0) is 19.1 Å². The van der Waals surface area contributed by atoms with E-state index in [-0.39, 0.29) is 23.0 Å². The first-order valence-corrected chi connectivity index (χ1v) is 5.44. The summed E-state index contributed by atoms with van der Waals surface area (Å²) >= 11 is 0. The smallest absolute Gasteiger partial charge is 0.267 e. The highest BCUT2D eigenvalue weighted by molar-refractivity contribution is 5.61. The molecule has 0 saturated heterocycles. The van der Waals surface area contributed by atoms with E-state index in [2.05, 4.69) is 20.2 Å². The van der Waals surface area contributed by atoms with Crippen LogP contribution < -0.4 is 0 Å². The van der Waals surface area contributed by atoms with Crippen molar-refractivity contribution in [2.24, 2.45) is 0 Å². The number of halogens is 2. The number of rotatable bonds is 2. The second-order valence-corrected chi connectivity index (χ2v) is 3.91. The van der Waals surface area contributed by atoms with Crippen molar-refractivity contribution in [1.82, 2.24) is 20.2 Å². The second-order valence-electron chi connectivity index (χ2n) is 3.91. The van der Waals surface area contributed by atoms with Crippen molar-refractivity contribution < 1.29 is 13.2 Å². The van der Waals surface area contributed by atoms with E-state index in [1.165, 1.54) is 12.3 Å². The highest BCUT2D eigenvalue weighted by Gasteiger charge is 2.15. The summed E-state index contributed by atoms with van der Waals surface area (Å²) in [4.78, 5) is 8.13. The molecule has 0 amide bonds. The maximum absolute atomic E-state index is 13.6. The van der Waals surface area contributed by atoms with Crippen LogP contribution in [0.25, 0.3) is 23.0 Å². The van der Waals surface area contributed by atoms with Crippen LogP contribution in [0.5, 0.6) is 0 Å². The maximum atomic E-state index is 13.6. The van der Waals surface area contributed by atoms with Crippen molar-refractivity contribution in [3.63, 3.8) is 0 Å². The molecule has 0 aliphatic heterocycles. The molecule has 1 N–H and O–H groups in total. The minimum Gasteiger partial charge on any atom is -0.441 e. The van der Waals surface area contributed by atoms with Crippen molar-refractivity contribution in [3.05, 3.63) is 41.9 Å². The predicted octanol–water partition coefficient (Wildman–Crippen LogP) is 2.71. The number of hydrogen-bond donors (Lipinski definition) is 1. The van der Waals surface area contributed by atoms with Crippen LogP contribution in [0, 0.1) is 18.6 Å². The van der Waals surface area contributed by atoms with Crippen LogP contribution in [0.15, 0.2) is 28.9 Å². The van der Waals surface area contributed by atoms with Crippen molar-refractivity contribution >= 4 is 0 Å². The van der Waals surface area contributed by atoms with Crippen LogP contribution in [-0.2, 0) is 0 Å². The molecule has 2 heterocycles. The van der Waals surface area contributed by atoms with Gasteiger partial charge >= 0.3 is 0 Å². The number of hydrogen-bond acceptors (Lipinski definition) is 4. The molecule has 3 aromatic rings. The van der Waals surface area contributed by atoms with Crippen molar-refractivity contribution in [2.75, 3.05) is 0 Å². The van der Waals surface area contributed by atoms with Gasteiger partial charge in [-0.2, -0.15) is 0 Å². The molecule has 19 heavy (non-hydrogen) atoms. The lowest BCUT2D eigenvalue weighted by Crippen LogP contribution is -1.87. The molecule has 1 aromatic carbocycles. The molecule has 0 aliphatic carbocycles. The average Bonchev–Trinajstić information content (AvgIpc) is 2.97. The Kier molecular flexibility index (Phi) is 2.59. The van der Waals surface area contributed by atoms with E-state index >= 15 is 0 Å². The lowest BCUT2D eigenvalue weighted by molar-refractivity contribution is 0.568. The van der Waals surface area contributed by atoms with E-state index in [9.17, 15) is 8.78 Å². The van der Waals surface area contributed by atoms with Crippen molar-refractivity contribution in [2.45, 2.75) is 6.92 Å². The molecule has 7 heteroatoms. The topological polar surface area (TPSA) is 67.6 Å². The van der Waals surface area contributed by atoms with Gasteiger partial charge < -0.3 is 4.42 Å². The molecule has 0 unspecified atom stereocenters. The Morgan fingerprint density at radius 2 is 2.05 bits per heavy atom. The van der Waals surface area contributed by atoms with E-state index in [1.54, 1.807) is 6.92 Å². The highest BCUT2D eigenvalue weighted by atomic mass is 19.1. The number of nitrogens with zero attached hydrogens (tertiary/aromatic N) is 3. The van der Waals surface area contributed by atoms with Crippen molar-refractivity contribution in [1.29, 1.82) is 0 Å². The summed E-state index contributed by atoms with van der Waals surface area (Å²) in [6.45, 7) is 1.74. The fourth-order valence-electron chi connectivity index (χ4n) is 1.64. The summed E-state index contributed by atoms with van der Waals surface area (Å²) in [6.07, 6.45) is 1.28. The van der Waals surface area contributed by atoms with E-state index in [4.69, 9.17) is 4.42 Å². The number of aromatic amines is 1. The molecule has 0 spiro atoms. The number of aromatic nitrogens is 4. The fraction of sp³-hybridized carbons (Fsp3) is 0.0833. The van der Waals surface area contributed by atoms with Crippen LogP contribution in [0.2, 0.25) is 0 Å². The zero-order valence-electron chi connectivity index (χ0n) is 9.82. The van der Waals surface area contributed by atoms with Gasteiger partial charge in [0.2, 0.25) is 5.82 Å². The normalized spacial score (nSPS) is 10.9. The lowest BCUT2D eigenvalue weighted by Gasteiger charge is -1.97. The standard InChI is InChI=1S/C12H8F2N4O/c1-6-15-11(18-17-6)12-16-10(5-19-12)8-3-2-7(13)4-9(8)14/h2-5H,1H3,(H,15,17,18). The Hall–Kier alpha value is -2.57. The first-order chi connectivity index (χ1) is 9.13. The molecule has 0 aliphatic rings. The molecule has 0 atom stereocenters. The van der Waals surface area contributed by atoms with Gasteiger partial charge in [-0.15, -0.1) is 5.10 Å². The van der Waals surface area contributed by atoms with Gasteiger partial charge in [0.25, 0.3) is 5.89 Å². The molecule has 96 valence electrons. The Bertz CT molecular complexity index is 735. The van der Waals surface area contributed by atoms with Gasteiger partial charge in [0.05, 0.1) is 0 Å². The summed E-state index contributed by atoms with van der Waals surface area (Å²) in [7, 11) is 0. The fourth-order valence-corrected chi connectivity index (χ4v) is 1.64. The molecule has 0 bridgehead atoms. The number of H-pyrrole nitrogens is 1. The first kappa shape index (κ1) is 11.5. The van der Waals surface area contributed by atoms with Gasteiger partial charge in [-0.1, -0.05) is 0 Å². The molecular weight excluding hydrogens is 254 g/mol. The zero-order valence-corrected chi connectivity index (χ0v) is 9.82. The predicted molar refractivity (Wildman–Crippen MR) is 62.0 cm³/mol. The molecule has 0 radical (unpaired) electrons. The van der Waals surface area contributed by atoms with Gasteiger partial charge in [0.15, 0.2) is 0 Å². The third-order valence-corrected chi connectivity index (χ3v) is 2.50. The number of nitrogens with one attached hydrogen (secondary N) is 1. The average molecular weight is 262 g/mol. The number of aryl methyl sites for hydroxylation is 1. The van der Waals surface area contributed by atoms with Crippen molar-refractivity contribution in [3.8, 4) is 23.0 Å². The summed E-state index contributed by atoms with van der Waals surface area (Å²) in [5.41, 5.74) is 0.415. The van der Waals surface area contributed by atoms with Crippen LogP contribution in [0.4, 0.5) is 8.78 Å². The molecule has 0 fully saturated rings. The number of benzene rings is 1. The molecule has 3 rings (SSSR count). The van der Waals surface area contributed by atoms with Gasteiger partial charge in [0, 0.05) is 11.6 Å². The van der Waals surface area contributed by atoms with Gasteiger partial charge in [0.1, 0.15) is 29.4 Å². The van der Waals surface area contributed by atoms with E-state index in [0.29, 0.717) is 5.82 Å². The first-order valence-electron chi connectivity index (χ1n) is 5.44. The Morgan fingerprint density at radius 1 is 1.21 bits per heavy atom. The molecule has 2 aromatic heterocycles. The van der Waals surface area contributed by atoms with E-state index in [0.717, 1.165) is 12.1 Å². The molecular formula is C12H8F2N4O. The molecule has 5 nitrogen and oxygen atoms in total. The lowest BCUT2D eigenvalue weighted by atomic mass is 10.1. The second kappa shape index (κ2) is 4.27. The quantitative estimate of drug-likeness (QED) is 0.771. The summed E-state index contributed by atoms with van der Waals surface area (Å²) < 4.78 is 31.6. The minimum atomic E-state index is -0.703. The third kappa shape index (κ3) is 2.10. The monoisotopic (exact) mass is 262 g/mol. The largest absolute Gasteiger partial charge is 0.441 e. The molecule has 0 saturated carbocycles. The highest BCUT2D eigenvalue weighted by Crippen LogP contribution is 2.25. The Morgan fingerprint density at radius 3 is 2.74 bits per heavy atom. The third-order valence-electron chi connectivity index (χ3n) is 2.50. The van der Waals surface area contributed by atoms with Crippen LogP contribution in [-0.4, -0.2) is 20.2 Å². The maximum Gasteiger partial charge on any atom is 0.267 e. The Labute approximate surface area is 106 Å². The van der Waals surface area contributed by atoms with Gasteiger partial charge in [-0.25, -0.2) is 18.7 Å². The number of oxazole rings is 1. The van der Waals surface area contributed by atoms with Crippen LogP contribution in [0.1, 0.15) is 5.82 Å². The minimum absolute atomic E-state index is 0.156. The van der Waals surface area contributed by atoms with E-state index in [1.807, 2.05) is 0 Å². The van der Waals surface area contributed by atoms with Crippen LogP contribution >= 0.6 is 0 Å². The summed E-state index contributed by atoms with van der Waals surface area (Å²) in [5, 5.41) is 6.53. The zero-order chi connectivity index (χ0) is 13.4. The Balaban J connectivity index is 2.01. The van der Waals surface area contributed by atoms with E-state index < -0.39 is 11.6 Å². The summed E-state index contributed by atoms with van der Waals surface area (Å²) in [6, 6.07) is 3.25. The van der Waals surface area contributed by atoms with Gasteiger partial charge in [-0.3, -0.25) is 5.10 Å².